The quantitative estimate of drug-likeness (QED) is 0.453. The summed E-state index contributed by atoms with van der Waals surface area (Å²) in [4.78, 5) is 13.6. The molecule has 1 aliphatic rings. The van der Waals surface area contributed by atoms with Crippen molar-refractivity contribution in [3.63, 3.8) is 0 Å². The number of guanidine groups is 1. The average Bonchev–Trinajstić information content (AvgIpc) is 2.51. The molecule has 1 N–H and O–H groups in total. The number of likely N-dealkylation sites (tertiary alicyclic amines) is 1. The first-order valence-corrected chi connectivity index (χ1v) is 8.25. The predicted octanol–water partition coefficient (Wildman–Crippen LogP) is 2.96. The van der Waals surface area contributed by atoms with E-state index in [1.807, 2.05) is 31.3 Å². The third-order valence-corrected chi connectivity index (χ3v) is 3.97. The second kappa shape index (κ2) is 9.95. The van der Waals surface area contributed by atoms with Crippen molar-refractivity contribution in [3.8, 4) is 0 Å². The molecule has 2 rings (SSSR count). The number of pyridine rings is 1. The van der Waals surface area contributed by atoms with Gasteiger partial charge in [0.2, 0.25) is 0 Å². The van der Waals surface area contributed by atoms with Gasteiger partial charge in [-0.25, -0.2) is 9.98 Å². The Labute approximate surface area is 157 Å². The molecule has 2 heterocycles. The van der Waals surface area contributed by atoms with Crippen LogP contribution in [0.5, 0.6) is 0 Å². The summed E-state index contributed by atoms with van der Waals surface area (Å²) >= 11 is 0. The van der Waals surface area contributed by atoms with Gasteiger partial charge in [-0.1, -0.05) is 6.92 Å². The second-order valence-corrected chi connectivity index (χ2v) is 6.28. The first-order chi connectivity index (χ1) is 10.6. The van der Waals surface area contributed by atoms with Crippen LogP contribution in [-0.2, 0) is 6.54 Å². The monoisotopic (exact) mass is 431 g/mol. The molecule has 1 atom stereocenters. The molecule has 0 bridgehead atoms. The zero-order chi connectivity index (χ0) is 15.9. The Morgan fingerprint density at radius 2 is 2.26 bits per heavy atom. The minimum absolute atomic E-state index is 0. The van der Waals surface area contributed by atoms with Crippen molar-refractivity contribution in [2.24, 2.45) is 10.9 Å². The SMILES string of the molecule is CCNC(=NCc1ccnc(N(C)C)c1)N1CCCC(C)C1.I. The Hall–Kier alpha value is -1.05. The molecule has 5 nitrogen and oxygen atoms in total. The van der Waals surface area contributed by atoms with Gasteiger partial charge >= 0.3 is 0 Å². The van der Waals surface area contributed by atoms with E-state index < -0.39 is 0 Å². The number of aliphatic imine (C=N–C) groups is 1. The van der Waals surface area contributed by atoms with E-state index in [1.165, 1.54) is 18.4 Å². The zero-order valence-corrected chi connectivity index (χ0v) is 17.1. The van der Waals surface area contributed by atoms with Crippen molar-refractivity contribution >= 4 is 35.8 Å². The van der Waals surface area contributed by atoms with Gasteiger partial charge in [-0.15, -0.1) is 24.0 Å². The maximum absolute atomic E-state index is 4.83. The Balaban J connectivity index is 0.00000264. The molecule has 1 unspecified atom stereocenters. The summed E-state index contributed by atoms with van der Waals surface area (Å²) in [5, 5.41) is 3.43. The van der Waals surface area contributed by atoms with Gasteiger partial charge < -0.3 is 15.1 Å². The number of nitrogens with one attached hydrogen (secondary N) is 1. The molecule has 0 radical (unpaired) electrons. The molecule has 130 valence electrons. The highest BCUT2D eigenvalue weighted by atomic mass is 127. The van der Waals surface area contributed by atoms with E-state index in [0.717, 1.165) is 37.3 Å². The third kappa shape index (κ3) is 6.16. The second-order valence-electron chi connectivity index (χ2n) is 6.28. The molecule has 0 amide bonds. The summed E-state index contributed by atoms with van der Waals surface area (Å²) in [6.07, 6.45) is 4.44. The predicted molar refractivity (Wildman–Crippen MR) is 109 cm³/mol. The van der Waals surface area contributed by atoms with E-state index in [9.17, 15) is 0 Å². The number of hydrogen-bond acceptors (Lipinski definition) is 3. The highest BCUT2D eigenvalue weighted by Crippen LogP contribution is 2.16. The van der Waals surface area contributed by atoms with Gasteiger partial charge in [0.25, 0.3) is 0 Å². The van der Waals surface area contributed by atoms with Crippen molar-refractivity contribution in [2.45, 2.75) is 33.2 Å². The van der Waals surface area contributed by atoms with Crippen LogP contribution in [-0.4, -0.2) is 49.6 Å². The first kappa shape index (κ1) is 20.0. The van der Waals surface area contributed by atoms with Crippen LogP contribution in [0, 0.1) is 5.92 Å². The van der Waals surface area contributed by atoms with E-state index >= 15 is 0 Å². The number of halogens is 1. The summed E-state index contributed by atoms with van der Waals surface area (Å²) in [6.45, 7) is 8.25. The Morgan fingerprint density at radius 3 is 2.91 bits per heavy atom. The summed E-state index contributed by atoms with van der Waals surface area (Å²) in [6, 6.07) is 4.14. The largest absolute Gasteiger partial charge is 0.363 e. The van der Waals surface area contributed by atoms with E-state index in [2.05, 4.69) is 35.1 Å². The lowest BCUT2D eigenvalue weighted by molar-refractivity contribution is 0.266. The molecule has 23 heavy (non-hydrogen) atoms. The van der Waals surface area contributed by atoms with Crippen molar-refractivity contribution in [2.75, 3.05) is 38.6 Å². The zero-order valence-electron chi connectivity index (χ0n) is 14.7. The highest BCUT2D eigenvalue weighted by Gasteiger charge is 2.18. The molecule has 0 aromatic carbocycles. The fourth-order valence-corrected chi connectivity index (χ4v) is 2.78. The fraction of sp³-hybridized carbons (Fsp3) is 0.647. The van der Waals surface area contributed by atoms with Crippen LogP contribution in [0.3, 0.4) is 0 Å². The van der Waals surface area contributed by atoms with Crippen LogP contribution in [0.25, 0.3) is 0 Å². The number of anilines is 1. The molecule has 0 aliphatic carbocycles. The maximum Gasteiger partial charge on any atom is 0.194 e. The van der Waals surface area contributed by atoms with Gasteiger partial charge in [-0.2, -0.15) is 0 Å². The van der Waals surface area contributed by atoms with Crippen molar-refractivity contribution in [3.05, 3.63) is 23.9 Å². The molecule has 6 heteroatoms. The summed E-state index contributed by atoms with van der Waals surface area (Å²) in [5.74, 6) is 2.76. The van der Waals surface area contributed by atoms with Crippen molar-refractivity contribution < 1.29 is 0 Å². The van der Waals surface area contributed by atoms with Crippen LogP contribution in [0.2, 0.25) is 0 Å². The molecule has 0 spiro atoms. The number of piperidine rings is 1. The minimum atomic E-state index is 0. The van der Waals surface area contributed by atoms with Crippen LogP contribution in [0.15, 0.2) is 23.3 Å². The molecule has 1 saturated heterocycles. The van der Waals surface area contributed by atoms with Crippen LogP contribution in [0.1, 0.15) is 32.3 Å². The number of hydrogen-bond donors (Lipinski definition) is 1. The van der Waals surface area contributed by atoms with Gasteiger partial charge in [0, 0.05) is 39.9 Å². The molecule has 1 fully saturated rings. The summed E-state index contributed by atoms with van der Waals surface area (Å²) < 4.78 is 0. The molecule has 0 saturated carbocycles. The summed E-state index contributed by atoms with van der Waals surface area (Å²) in [5.41, 5.74) is 1.19. The van der Waals surface area contributed by atoms with Crippen molar-refractivity contribution in [1.29, 1.82) is 0 Å². The number of aromatic nitrogens is 1. The lowest BCUT2D eigenvalue weighted by Gasteiger charge is -2.33. The van der Waals surface area contributed by atoms with Gasteiger partial charge in [0.15, 0.2) is 5.96 Å². The van der Waals surface area contributed by atoms with Gasteiger partial charge in [-0.3, -0.25) is 0 Å². The molecular weight excluding hydrogens is 401 g/mol. The van der Waals surface area contributed by atoms with Crippen LogP contribution in [0.4, 0.5) is 5.82 Å². The van der Waals surface area contributed by atoms with Gasteiger partial charge in [0.1, 0.15) is 5.82 Å². The lowest BCUT2D eigenvalue weighted by atomic mass is 10.0. The smallest absolute Gasteiger partial charge is 0.194 e. The molecule has 1 aliphatic heterocycles. The van der Waals surface area contributed by atoms with Crippen LogP contribution >= 0.6 is 24.0 Å². The molecule has 1 aromatic rings. The van der Waals surface area contributed by atoms with Gasteiger partial charge in [-0.05, 0) is 43.4 Å². The Morgan fingerprint density at radius 1 is 1.48 bits per heavy atom. The van der Waals surface area contributed by atoms with Crippen molar-refractivity contribution in [1.82, 2.24) is 15.2 Å². The van der Waals surface area contributed by atoms with E-state index in [0.29, 0.717) is 6.54 Å². The average molecular weight is 431 g/mol. The van der Waals surface area contributed by atoms with Gasteiger partial charge in [0.05, 0.1) is 6.54 Å². The number of nitrogens with zero attached hydrogens (tertiary/aromatic N) is 4. The van der Waals surface area contributed by atoms with E-state index in [-0.39, 0.29) is 24.0 Å². The third-order valence-electron chi connectivity index (χ3n) is 3.97. The highest BCUT2D eigenvalue weighted by molar-refractivity contribution is 14.0. The maximum atomic E-state index is 4.83. The fourth-order valence-electron chi connectivity index (χ4n) is 2.78. The topological polar surface area (TPSA) is 43.8 Å². The Bertz CT molecular complexity index is 504. The molecule has 1 aromatic heterocycles. The molecular formula is C17H30IN5. The van der Waals surface area contributed by atoms with E-state index in [1.54, 1.807) is 0 Å². The Kier molecular flexibility index (Phi) is 8.65. The minimum Gasteiger partial charge on any atom is -0.363 e. The number of rotatable bonds is 4. The summed E-state index contributed by atoms with van der Waals surface area (Å²) in [7, 11) is 4.02. The lowest BCUT2D eigenvalue weighted by Crippen LogP contribution is -2.46. The standard InChI is InChI=1S/C17H29N5.HI/c1-5-18-17(22-10-6-7-14(2)13-22)20-12-15-8-9-19-16(11-15)21(3)4;/h8-9,11,14H,5-7,10,12-13H2,1-4H3,(H,18,20);1H. The van der Waals surface area contributed by atoms with E-state index in [4.69, 9.17) is 4.99 Å². The first-order valence-electron chi connectivity index (χ1n) is 8.25. The van der Waals surface area contributed by atoms with Crippen LogP contribution < -0.4 is 10.2 Å². The normalized spacial score (nSPS) is 18.3.